The molecule has 33 heavy (non-hydrogen) atoms. The summed E-state index contributed by atoms with van der Waals surface area (Å²) in [5.41, 5.74) is 6.98. The van der Waals surface area contributed by atoms with E-state index in [4.69, 9.17) is 16.2 Å². The third kappa shape index (κ3) is 6.77. The molecular formula is C24H35N5O4. The van der Waals surface area contributed by atoms with Gasteiger partial charge in [0, 0.05) is 18.7 Å². The first-order chi connectivity index (χ1) is 15.9. The zero-order chi connectivity index (χ0) is 23.8. The summed E-state index contributed by atoms with van der Waals surface area (Å²) < 4.78 is 0. The van der Waals surface area contributed by atoms with Gasteiger partial charge in [0.25, 0.3) is 0 Å². The van der Waals surface area contributed by atoms with Crippen LogP contribution in [0.25, 0.3) is 0 Å². The SMILES string of the molecule is N=C(N)c1ccc(CNC(=O)[C@@H]2CCCCN2C(=O)[C@H](NCC(=O)O)C2CCCCC2)cc1. The van der Waals surface area contributed by atoms with E-state index in [2.05, 4.69) is 10.6 Å². The van der Waals surface area contributed by atoms with E-state index in [9.17, 15) is 14.4 Å². The Morgan fingerprint density at radius 3 is 2.36 bits per heavy atom. The topological polar surface area (TPSA) is 149 Å². The third-order valence-corrected chi connectivity index (χ3v) is 6.68. The minimum atomic E-state index is -0.993. The van der Waals surface area contributed by atoms with Gasteiger partial charge in [-0.25, -0.2) is 0 Å². The highest BCUT2D eigenvalue weighted by atomic mass is 16.4. The molecule has 1 aromatic rings. The van der Waals surface area contributed by atoms with Crippen molar-refractivity contribution in [2.24, 2.45) is 11.7 Å². The molecule has 9 heteroatoms. The average Bonchev–Trinajstić information content (AvgIpc) is 2.83. The zero-order valence-electron chi connectivity index (χ0n) is 19.0. The number of piperidine rings is 1. The maximum absolute atomic E-state index is 13.6. The fraction of sp³-hybridized carbons (Fsp3) is 0.583. The van der Waals surface area contributed by atoms with Crippen LogP contribution in [-0.4, -0.2) is 58.8 Å². The highest BCUT2D eigenvalue weighted by Gasteiger charge is 2.38. The second-order valence-electron chi connectivity index (χ2n) is 9.02. The summed E-state index contributed by atoms with van der Waals surface area (Å²) in [7, 11) is 0. The maximum Gasteiger partial charge on any atom is 0.317 e. The molecule has 0 bridgehead atoms. The van der Waals surface area contributed by atoms with Crippen LogP contribution in [0.5, 0.6) is 0 Å². The number of amides is 2. The number of likely N-dealkylation sites (tertiary alicyclic amines) is 1. The van der Waals surface area contributed by atoms with Crippen LogP contribution in [0.4, 0.5) is 0 Å². The van der Waals surface area contributed by atoms with Gasteiger partial charge in [-0.05, 0) is 43.6 Å². The van der Waals surface area contributed by atoms with Crippen molar-refractivity contribution in [3.63, 3.8) is 0 Å². The largest absolute Gasteiger partial charge is 0.480 e. The van der Waals surface area contributed by atoms with Crippen LogP contribution in [0.1, 0.15) is 62.5 Å². The van der Waals surface area contributed by atoms with Gasteiger partial charge >= 0.3 is 5.97 Å². The van der Waals surface area contributed by atoms with E-state index in [1.807, 2.05) is 12.1 Å². The molecule has 2 atom stereocenters. The van der Waals surface area contributed by atoms with Gasteiger partial charge in [0.2, 0.25) is 11.8 Å². The third-order valence-electron chi connectivity index (χ3n) is 6.68. The molecule has 1 aliphatic heterocycles. The molecule has 1 heterocycles. The number of carbonyl (C=O) groups is 3. The normalized spacial score (nSPS) is 20.1. The lowest BCUT2D eigenvalue weighted by molar-refractivity contribution is -0.146. The number of carboxylic acid groups (broad SMARTS) is 1. The van der Waals surface area contributed by atoms with Crippen LogP contribution in [0.3, 0.4) is 0 Å². The Kier molecular flexibility index (Phi) is 8.82. The summed E-state index contributed by atoms with van der Waals surface area (Å²) in [5.74, 6) is -1.26. The number of hydrogen-bond acceptors (Lipinski definition) is 5. The Morgan fingerprint density at radius 2 is 1.73 bits per heavy atom. The summed E-state index contributed by atoms with van der Waals surface area (Å²) in [4.78, 5) is 39.4. The average molecular weight is 458 g/mol. The molecular weight excluding hydrogens is 422 g/mol. The van der Waals surface area contributed by atoms with E-state index < -0.39 is 18.1 Å². The van der Waals surface area contributed by atoms with Crippen LogP contribution in [-0.2, 0) is 20.9 Å². The number of aliphatic carboxylic acids is 1. The second-order valence-corrected chi connectivity index (χ2v) is 9.02. The van der Waals surface area contributed by atoms with E-state index in [1.165, 1.54) is 0 Å². The number of nitrogen functional groups attached to an aromatic ring is 1. The van der Waals surface area contributed by atoms with Crippen LogP contribution in [0.2, 0.25) is 0 Å². The number of carboxylic acids is 1. The van der Waals surface area contributed by atoms with Gasteiger partial charge in [-0.2, -0.15) is 0 Å². The van der Waals surface area contributed by atoms with Crippen molar-refractivity contribution in [1.29, 1.82) is 5.41 Å². The van der Waals surface area contributed by atoms with Gasteiger partial charge in [0.15, 0.2) is 0 Å². The fourth-order valence-corrected chi connectivity index (χ4v) is 4.88. The highest BCUT2D eigenvalue weighted by molar-refractivity contribution is 5.95. The molecule has 0 spiro atoms. The van der Waals surface area contributed by atoms with E-state index in [1.54, 1.807) is 17.0 Å². The monoisotopic (exact) mass is 457 g/mol. The number of rotatable bonds is 9. The number of nitrogens with two attached hydrogens (primary N) is 1. The number of hydrogen-bond donors (Lipinski definition) is 5. The molecule has 1 aliphatic carbocycles. The molecule has 1 saturated heterocycles. The van der Waals surface area contributed by atoms with Gasteiger partial charge in [-0.3, -0.25) is 25.1 Å². The number of nitrogens with one attached hydrogen (secondary N) is 3. The van der Waals surface area contributed by atoms with Crippen molar-refractivity contribution in [1.82, 2.24) is 15.5 Å². The predicted molar refractivity (Wildman–Crippen MR) is 125 cm³/mol. The van der Waals surface area contributed by atoms with Crippen LogP contribution in [0.15, 0.2) is 24.3 Å². The van der Waals surface area contributed by atoms with Gasteiger partial charge in [0.1, 0.15) is 11.9 Å². The van der Waals surface area contributed by atoms with E-state index in [0.717, 1.165) is 50.5 Å². The van der Waals surface area contributed by atoms with E-state index >= 15 is 0 Å². The van der Waals surface area contributed by atoms with Crippen LogP contribution < -0.4 is 16.4 Å². The summed E-state index contributed by atoms with van der Waals surface area (Å²) in [5, 5.41) is 22.5. The molecule has 0 unspecified atom stereocenters. The molecule has 0 aromatic heterocycles. The molecule has 6 N–H and O–H groups in total. The van der Waals surface area contributed by atoms with Gasteiger partial charge in [-0.1, -0.05) is 43.5 Å². The standard InChI is InChI=1S/C24H35N5O4/c25-22(26)18-11-9-16(10-12-18)14-28-23(32)19-8-4-5-13-29(19)24(33)21(27-15-20(30)31)17-6-2-1-3-7-17/h9-12,17,19,21,27H,1-8,13-15H2,(H3,25,26)(H,28,32)(H,30,31)/t19-,21+/m0/s1. The summed E-state index contributed by atoms with van der Waals surface area (Å²) in [6.45, 7) is 0.551. The highest BCUT2D eigenvalue weighted by Crippen LogP contribution is 2.29. The summed E-state index contributed by atoms with van der Waals surface area (Å²) in [6, 6.07) is 5.98. The predicted octanol–water partition coefficient (Wildman–Crippen LogP) is 1.59. The van der Waals surface area contributed by atoms with Crippen molar-refractivity contribution in [2.45, 2.75) is 70.0 Å². The summed E-state index contributed by atoms with van der Waals surface area (Å²) in [6.07, 6.45) is 7.29. The zero-order valence-corrected chi connectivity index (χ0v) is 19.0. The van der Waals surface area contributed by atoms with Crippen molar-refractivity contribution in [3.05, 3.63) is 35.4 Å². The Bertz CT molecular complexity index is 851. The minimum Gasteiger partial charge on any atom is -0.480 e. The lowest BCUT2D eigenvalue weighted by Crippen LogP contribution is -2.59. The summed E-state index contributed by atoms with van der Waals surface area (Å²) >= 11 is 0. The Balaban J connectivity index is 1.67. The first kappa shape index (κ1) is 24.7. The van der Waals surface area contributed by atoms with Crippen LogP contribution in [0, 0.1) is 11.3 Å². The molecule has 180 valence electrons. The molecule has 2 aliphatic rings. The number of nitrogens with zero attached hydrogens (tertiary/aromatic N) is 1. The van der Waals surface area contributed by atoms with E-state index in [0.29, 0.717) is 25.1 Å². The first-order valence-corrected chi connectivity index (χ1v) is 11.8. The van der Waals surface area contributed by atoms with Gasteiger partial charge in [-0.15, -0.1) is 0 Å². The molecule has 2 amide bonds. The Morgan fingerprint density at radius 1 is 1.06 bits per heavy atom. The number of benzene rings is 1. The lowest BCUT2D eigenvalue weighted by atomic mass is 9.82. The maximum atomic E-state index is 13.6. The van der Waals surface area contributed by atoms with Crippen LogP contribution >= 0.6 is 0 Å². The molecule has 9 nitrogen and oxygen atoms in total. The first-order valence-electron chi connectivity index (χ1n) is 11.8. The lowest BCUT2D eigenvalue weighted by Gasteiger charge is -2.39. The molecule has 1 aromatic carbocycles. The Labute approximate surface area is 194 Å². The van der Waals surface area contributed by atoms with Crippen molar-refractivity contribution >= 4 is 23.6 Å². The van der Waals surface area contributed by atoms with Gasteiger partial charge < -0.3 is 21.1 Å². The minimum absolute atomic E-state index is 0.00836. The van der Waals surface area contributed by atoms with Crippen molar-refractivity contribution < 1.29 is 19.5 Å². The fourth-order valence-electron chi connectivity index (χ4n) is 4.88. The molecule has 3 rings (SSSR count). The van der Waals surface area contributed by atoms with E-state index in [-0.39, 0.29) is 30.1 Å². The second kappa shape index (κ2) is 11.8. The van der Waals surface area contributed by atoms with Crippen molar-refractivity contribution in [2.75, 3.05) is 13.1 Å². The quantitative estimate of drug-likeness (QED) is 0.281. The van der Waals surface area contributed by atoms with Gasteiger partial charge in [0.05, 0.1) is 12.6 Å². The molecule has 2 fully saturated rings. The van der Waals surface area contributed by atoms with Crippen molar-refractivity contribution in [3.8, 4) is 0 Å². The smallest absolute Gasteiger partial charge is 0.317 e. The number of carbonyl (C=O) groups excluding carboxylic acids is 2. The number of amidine groups is 1. The Hall–Kier alpha value is -2.94. The molecule has 0 radical (unpaired) electrons. The molecule has 1 saturated carbocycles.